The molecule has 8 heavy (non-hydrogen) atoms. The molecule has 0 saturated carbocycles. The van der Waals surface area contributed by atoms with Crippen LogP contribution in [0.1, 0.15) is 25.7 Å². The summed E-state index contributed by atoms with van der Waals surface area (Å²) < 4.78 is 0. The predicted molar refractivity (Wildman–Crippen MR) is 33.8 cm³/mol. The summed E-state index contributed by atoms with van der Waals surface area (Å²) in [6.07, 6.45) is 5.91. The third kappa shape index (κ3) is 0.752. The van der Waals surface area contributed by atoms with Crippen molar-refractivity contribution in [2.75, 3.05) is 13.1 Å². The second-order valence-electron chi connectivity index (χ2n) is 3.00. The van der Waals surface area contributed by atoms with Crippen LogP contribution in [0.15, 0.2) is 0 Å². The molecule has 46 valence electrons. The van der Waals surface area contributed by atoms with E-state index in [1.54, 1.807) is 0 Å². The van der Waals surface area contributed by atoms with Crippen LogP contribution >= 0.6 is 0 Å². The van der Waals surface area contributed by atoms with E-state index in [0.29, 0.717) is 0 Å². The van der Waals surface area contributed by atoms with Gasteiger partial charge in [-0.25, -0.2) is 0 Å². The molecule has 0 aliphatic carbocycles. The highest BCUT2D eigenvalue weighted by molar-refractivity contribution is 4.90. The Morgan fingerprint density at radius 1 is 1.12 bits per heavy atom. The average Bonchev–Trinajstić information content (AvgIpc) is 2.36. The van der Waals surface area contributed by atoms with Crippen molar-refractivity contribution >= 4 is 0 Å². The molecule has 2 fully saturated rings. The third-order valence-corrected chi connectivity index (χ3v) is 2.31. The van der Waals surface area contributed by atoms with E-state index in [0.717, 1.165) is 6.04 Å². The first-order valence-electron chi connectivity index (χ1n) is 3.71. The van der Waals surface area contributed by atoms with Crippen molar-refractivity contribution in [2.24, 2.45) is 0 Å². The van der Waals surface area contributed by atoms with Gasteiger partial charge in [0.1, 0.15) is 0 Å². The molecule has 1 nitrogen and oxygen atoms in total. The number of hydrogen-bond acceptors (Lipinski definition) is 1. The van der Waals surface area contributed by atoms with Crippen LogP contribution in [0.3, 0.4) is 0 Å². The van der Waals surface area contributed by atoms with Crippen molar-refractivity contribution in [1.82, 2.24) is 4.90 Å². The van der Waals surface area contributed by atoms with E-state index in [9.17, 15) is 0 Å². The molecule has 2 rings (SSSR count). The Morgan fingerprint density at radius 2 is 2.12 bits per heavy atom. The Balaban J connectivity index is 1.89. The van der Waals surface area contributed by atoms with Gasteiger partial charge in [0.25, 0.3) is 0 Å². The van der Waals surface area contributed by atoms with Crippen molar-refractivity contribution in [3.05, 3.63) is 0 Å². The first kappa shape index (κ1) is 4.80. The molecule has 2 aliphatic heterocycles. The molecule has 0 N–H and O–H groups in total. The molecule has 0 aromatic heterocycles. The standard InChI is InChI=1S/C7H13N/c1-2-4-7-6-8(7)5-3-1/h7H,1-6H2. The first-order chi connectivity index (χ1) is 3.97. The molecule has 0 spiro atoms. The van der Waals surface area contributed by atoms with Crippen LogP contribution in [0.4, 0.5) is 0 Å². The summed E-state index contributed by atoms with van der Waals surface area (Å²) in [4.78, 5) is 2.59. The number of rotatable bonds is 0. The number of fused-ring (bicyclic) bond motifs is 1. The summed E-state index contributed by atoms with van der Waals surface area (Å²) in [5, 5.41) is 0. The highest BCUT2D eigenvalue weighted by atomic mass is 15.3. The summed E-state index contributed by atoms with van der Waals surface area (Å²) in [6.45, 7) is 2.81. The lowest BCUT2D eigenvalue weighted by atomic mass is 10.2. The van der Waals surface area contributed by atoms with Crippen LogP contribution in [0, 0.1) is 0 Å². The van der Waals surface area contributed by atoms with Gasteiger partial charge in [0.15, 0.2) is 0 Å². The molecule has 2 aliphatic rings. The molecule has 1 heteroatoms. The van der Waals surface area contributed by atoms with Crippen LogP contribution in [-0.2, 0) is 0 Å². The van der Waals surface area contributed by atoms with Gasteiger partial charge in [-0.15, -0.1) is 0 Å². The fourth-order valence-corrected chi connectivity index (χ4v) is 1.64. The molecule has 2 unspecified atom stereocenters. The van der Waals surface area contributed by atoms with Gasteiger partial charge < -0.3 is 0 Å². The van der Waals surface area contributed by atoms with Crippen LogP contribution in [0.5, 0.6) is 0 Å². The Morgan fingerprint density at radius 3 is 3.12 bits per heavy atom. The van der Waals surface area contributed by atoms with Crippen LogP contribution in [0.2, 0.25) is 0 Å². The van der Waals surface area contributed by atoms with Crippen LogP contribution in [-0.4, -0.2) is 24.0 Å². The average molecular weight is 111 g/mol. The molecule has 0 aromatic rings. The van der Waals surface area contributed by atoms with E-state index >= 15 is 0 Å². The van der Waals surface area contributed by atoms with Crippen molar-refractivity contribution < 1.29 is 0 Å². The first-order valence-corrected chi connectivity index (χ1v) is 3.71. The second kappa shape index (κ2) is 1.73. The minimum absolute atomic E-state index is 1.03. The zero-order valence-corrected chi connectivity index (χ0v) is 5.27. The van der Waals surface area contributed by atoms with Gasteiger partial charge in [-0.05, 0) is 19.4 Å². The topological polar surface area (TPSA) is 3.01 Å². The van der Waals surface area contributed by atoms with E-state index in [4.69, 9.17) is 0 Å². The molecule has 0 bridgehead atoms. The smallest absolute Gasteiger partial charge is 0.0223 e. The van der Waals surface area contributed by atoms with Gasteiger partial charge in [0.2, 0.25) is 0 Å². The number of nitrogens with zero attached hydrogens (tertiary/aromatic N) is 1. The van der Waals surface area contributed by atoms with Gasteiger partial charge >= 0.3 is 0 Å². The monoisotopic (exact) mass is 111 g/mol. The van der Waals surface area contributed by atoms with Gasteiger partial charge in [0.05, 0.1) is 0 Å². The van der Waals surface area contributed by atoms with Crippen LogP contribution in [0.25, 0.3) is 0 Å². The van der Waals surface area contributed by atoms with E-state index in [1.165, 1.54) is 38.8 Å². The largest absolute Gasteiger partial charge is 0.298 e. The minimum atomic E-state index is 1.03. The Hall–Kier alpha value is -0.0400. The fraction of sp³-hybridized carbons (Fsp3) is 1.00. The maximum Gasteiger partial charge on any atom is 0.0223 e. The molecule has 0 amide bonds. The maximum atomic E-state index is 2.59. The lowest BCUT2D eigenvalue weighted by Crippen LogP contribution is -1.99. The SMILES string of the molecule is C1CCC2CN2CC1. The summed E-state index contributed by atoms with van der Waals surface area (Å²) in [5.41, 5.74) is 0. The third-order valence-electron chi connectivity index (χ3n) is 2.31. The molecule has 2 heterocycles. The van der Waals surface area contributed by atoms with Gasteiger partial charge in [-0.2, -0.15) is 0 Å². The molecule has 2 atom stereocenters. The lowest BCUT2D eigenvalue weighted by molar-refractivity contribution is 0.514. The Labute approximate surface area is 50.7 Å². The van der Waals surface area contributed by atoms with E-state index in [-0.39, 0.29) is 0 Å². The maximum absolute atomic E-state index is 2.59. The predicted octanol–water partition coefficient (Wildman–Crippen LogP) is 1.24. The summed E-state index contributed by atoms with van der Waals surface area (Å²) in [6, 6.07) is 1.03. The van der Waals surface area contributed by atoms with Gasteiger partial charge in [-0.3, -0.25) is 4.90 Å². The highest BCUT2D eigenvalue weighted by Gasteiger charge is 2.33. The fourth-order valence-electron chi connectivity index (χ4n) is 1.64. The molecule has 0 aromatic carbocycles. The van der Waals surface area contributed by atoms with Crippen LogP contribution < -0.4 is 0 Å². The molecule has 0 radical (unpaired) electrons. The molecule has 2 saturated heterocycles. The molecular formula is C7H13N. The van der Waals surface area contributed by atoms with Crippen molar-refractivity contribution in [1.29, 1.82) is 0 Å². The molecular weight excluding hydrogens is 98.1 g/mol. The van der Waals surface area contributed by atoms with Crippen molar-refractivity contribution in [3.8, 4) is 0 Å². The summed E-state index contributed by atoms with van der Waals surface area (Å²) in [7, 11) is 0. The Kier molecular flexibility index (Phi) is 1.04. The highest BCUT2D eigenvalue weighted by Crippen LogP contribution is 2.26. The summed E-state index contributed by atoms with van der Waals surface area (Å²) in [5.74, 6) is 0. The van der Waals surface area contributed by atoms with E-state index in [2.05, 4.69) is 4.90 Å². The normalized spacial score (nSPS) is 45.0. The van der Waals surface area contributed by atoms with E-state index in [1.807, 2.05) is 0 Å². The second-order valence-corrected chi connectivity index (χ2v) is 3.00. The van der Waals surface area contributed by atoms with Crippen molar-refractivity contribution in [2.45, 2.75) is 31.7 Å². The van der Waals surface area contributed by atoms with Crippen molar-refractivity contribution in [3.63, 3.8) is 0 Å². The zero-order valence-electron chi connectivity index (χ0n) is 5.27. The Bertz CT molecular complexity index is 80.4. The van der Waals surface area contributed by atoms with Gasteiger partial charge in [-0.1, -0.05) is 12.8 Å². The lowest BCUT2D eigenvalue weighted by Gasteiger charge is -1.93. The van der Waals surface area contributed by atoms with E-state index < -0.39 is 0 Å². The van der Waals surface area contributed by atoms with Gasteiger partial charge in [0, 0.05) is 12.6 Å². The number of hydrogen-bond donors (Lipinski definition) is 0. The summed E-state index contributed by atoms with van der Waals surface area (Å²) >= 11 is 0. The quantitative estimate of drug-likeness (QED) is 0.425. The zero-order chi connectivity index (χ0) is 5.40. The minimum Gasteiger partial charge on any atom is -0.298 e.